The van der Waals surface area contributed by atoms with Crippen molar-refractivity contribution in [3.63, 3.8) is 0 Å². The van der Waals surface area contributed by atoms with E-state index in [9.17, 15) is 4.79 Å². The zero-order valence-corrected chi connectivity index (χ0v) is 13.8. The largest absolute Gasteiger partial charge is 0.356 e. The molecule has 1 heterocycles. The number of nitrogens with zero attached hydrogens (tertiary/aromatic N) is 1. The summed E-state index contributed by atoms with van der Waals surface area (Å²) in [7, 11) is 0. The fraction of sp³-hybridized carbons (Fsp3) is 0.444. The Labute approximate surface area is 135 Å². The highest BCUT2D eigenvalue weighted by Crippen LogP contribution is 2.25. The fourth-order valence-corrected chi connectivity index (χ4v) is 3.92. The third kappa shape index (κ3) is 3.55. The zero-order chi connectivity index (χ0) is 15.4. The molecule has 0 fully saturated rings. The van der Waals surface area contributed by atoms with Crippen LogP contribution in [-0.4, -0.2) is 17.4 Å². The van der Waals surface area contributed by atoms with Crippen molar-refractivity contribution < 1.29 is 4.79 Å². The Morgan fingerprint density at radius 3 is 2.95 bits per heavy atom. The van der Waals surface area contributed by atoms with Crippen LogP contribution in [0.4, 0.5) is 0 Å². The van der Waals surface area contributed by atoms with Gasteiger partial charge in [-0.15, -0.1) is 11.3 Å². The van der Waals surface area contributed by atoms with Crippen molar-refractivity contribution in [3.8, 4) is 0 Å². The van der Waals surface area contributed by atoms with Gasteiger partial charge >= 0.3 is 0 Å². The van der Waals surface area contributed by atoms with E-state index in [0.717, 1.165) is 44.3 Å². The van der Waals surface area contributed by atoms with Crippen LogP contribution < -0.4 is 5.32 Å². The van der Waals surface area contributed by atoms with Gasteiger partial charge in [0, 0.05) is 17.3 Å². The molecule has 2 aromatic rings. The SMILES string of the molecule is Cc1ncsc1CCCNC(=O)[C@@H]1CCc2ccccc2C1. The second-order valence-corrected chi connectivity index (χ2v) is 6.90. The molecule has 3 rings (SSSR count). The summed E-state index contributed by atoms with van der Waals surface area (Å²) in [5.74, 6) is 0.357. The van der Waals surface area contributed by atoms with Crippen molar-refractivity contribution in [1.82, 2.24) is 10.3 Å². The Balaban J connectivity index is 1.44. The number of aromatic nitrogens is 1. The van der Waals surface area contributed by atoms with Gasteiger partial charge in [0.2, 0.25) is 5.91 Å². The molecule has 1 amide bonds. The molecule has 1 aliphatic carbocycles. The Bertz CT molecular complexity index is 650. The first-order valence-electron chi connectivity index (χ1n) is 7.97. The topological polar surface area (TPSA) is 42.0 Å². The number of fused-ring (bicyclic) bond motifs is 1. The molecular weight excluding hydrogens is 292 g/mol. The Morgan fingerprint density at radius 2 is 2.18 bits per heavy atom. The highest BCUT2D eigenvalue weighted by Gasteiger charge is 2.23. The predicted octanol–water partition coefficient (Wildman–Crippen LogP) is 3.31. The minimum atomic E-state index is 0.139. The molecule has 0 saturated heterocycles. The summed E-state index contributed by atoms with van der Waals surface area (Å²) in [6.45, 7) is 2.80. The molecule has 0 bridgehead atoms. The predicted molar refractivity (Wildman–Crippen MR) is 90.1 cm³/mol. The molecule has 1 atom stereocenters. The molecule has 22 heavy (non-hydrogen) atoms. The lowest BCUT2D eigenvalue weighted by Gasteiger charge is -2.23. The van der Waals surface area contributed by atoms with Crippen molar-refractivity contribution in [2.24, 2.45) is 5.92 Å². The molecule has 1 aromatic heterocycles. The van der Waals surface area contributed by atoms with Gasteiger partial charge in [-0.25, -0.2) is 4.98 Å². The number of hydrogen-bond donors (Lipinski definition) is 1. The molecule has 116 valence electrons. The van der Waals surface area contributed by atoms with Crippen LogP contribution in [0.3, 0.4) is 0 Å². The molecule has 0 radical (unpaired) electrons. The average Bonchev–Trinajstić information content (AvgIpc) is 2.96. The number of rotatable bonds is 5. The van der Waals surface area contributed by atoms with Gasteiger partial charge in [-0.2, -0.15) is 0 Å². The van der Waals surface area contributed by atoms with Gasteiger partial charge in [0.15, 0.2) is 0 Å². The van der Waals surface area contributed by atoms with E-state index in [-0.39, 0.29) is 11.8 Å². The number of thiazole rings is 1. The number of amides is 1. The molecule has 3 nitrogen and oxygen atoms in total. The lowest BCUT2D eigenvalue weighted by molar-refractivity contribution is -0.125. The summed E-state index contributed by atoms with van der Waals surface area (Å²) >= 11 is 1.70. The minimum Gasteiger partial charge on any atom is -0.356 e. The number of carbonyl (C=O) groups excluding carboxylic acids is 1. The highest BCUT2D eigenvalue weighted by atomic mass is 32.1. The van der Waals surface area contributed by atoms with Crippen molar-refractivity contribution >= 4 is 17.2 Å². The molecule has 1 aliphatic rings. The van der Waals surface area contributed by atoms with Gasteiger partial charge in [-0.3, -0.25) is 4.79 Å². The molecule has 1 aromatic carbocycles. The maximum Gasteiger partial charge on any atom is 0.223 e. The van der Waals surface area contributed by atoms with Crippen molar-refractivity contribution in [2.75, 3.05) is 6.54 Å². The van der Waals surface area contributed by atoms with Gasteiger partial charge in [-0.05, 0) is 50.2 Å². The van der Waals surface area contributed by atoms with Crippen LogP contribution in [0.1, 0.15) is 34.5 Å². The van der Waals surface area contributed by atoms with Crippen LogP contribution >= 0.6 is 11.3 Å². The van der Waals surface area contributed by atoms with Crippen LogP contribution in [0.25, 0.3) is 0 Å². The molecule has 0 saturated carbocycles. The number of aryl methyl sites for hydroxylation is 3. The lowest BCUT2D eigenvalue weighted by atomic mass is 9.83. The van der Waals surface area contributed by atoms with Crippen LogP contribution in [0.5, 0.6) is 0 Å². The fourth-order valence-electron chi connectivity index (χ4n) is 3.09. The van der Waals surface area contributed by atoms with Gasteiger partial charge in [-0.1, -0.05) is 24.3 Å². The van der Waals surface area contributed by atoms with E-state index < -0.39 is 0 Å². The van der Waals surface area contributed by atoms with Crippen molar-refractivity contribution in [1.29, 1.82) is 0 Å². The monoisotopic (exact) mass is 314 g/mol. The maximum atomic E-state index is 12.3. The first-order valence-corrected chi connectivity index (χ1v) is 8.85. The summed E-state index contributed by atoms with van der Waals surface area (Å²) in [6.07, 6.45) is 4.86. The number of nitrogens with one attached hydrogen (secondary N) is 1. The molecular formula is C18H22N2OS. The van der Waals surface area contributed by atoms with Crippen LogP contribution in [0.15, 0.2) is 29.8 Å². The quantitative estimate of drug-likeness (QED) is 0.860. The average molecular weight is 314 g/mol. The molecule has 0 aliphatic heterocycles. The van der Waals surface area contributed by atoms with Crippen LogP contribution in [0, 0.1) is 12.8 Å². The van der Waals surface area contributed by atoms with Gasteiger partial charge in [0.05, 0.1) is 11.2 Å². The van der Waals surface area contributed by atoms with Crippen LogP contribution in [0.2, 0.25) is 0 Å². The summed E-state index contributed by atoms with van der Waals surface area (Å²) in [5, 5.41) is 3.11. The third-order valence-corrected chi connectivity index (χ3v) is 5.44. The summed E-state index contributed by atoms with van der Waals surface area (Å²) in [5.41, 5.74) is 5.77. The van der Waals surface area contributed by atoms with E-state index in [0.29, 0.717) is 0 Å². The Kier molecular flexibility index (Phi) is 4.88. The van der Waals surface area contributed by atoms with Crippen molar-refractivity contribution in [2.45, 2.75) is 39.0 Å². The maximum absolute atomic E-state index is 12.3. The lowest BCUT2D eigenvalue weighted by Crippen LogP contribution is -2.34. The second kappa shape index (κ2) is 7.05. The molecule has 4 heteroatoms. The molecule has 0 spiro atoms. The van der Waals surface area contributed by atoms with Crippen molar-refractivity contribution in [3.05, 3.63) is 51.5 Å². The number of benzene rings is 1. The number of carbonyl (C=O) groups is 1. The van der Waals surface area contributed by atoms with Gasteiger partial charge in [0.25, 0.3) is 0 Å². The first-order chi connectivity index (χ1) is 10.7. The Morgan fingerprint density at radius 1 is 1.36 bits per heavy atom. The first kappa shape index (κ1) is 15.2. The van der Waals surface area contributed by atoms with E-state index in [2.05, 4.69) is 34.6 Å². The summed E-state index contributed by atoms with van der Waals surface area (Å²) in [4.78, 5) is 17.9. The minimum absolute atomic E-state index is 0.139. The summed E-state index contributed by atoms with van der Waals surface area (Å²) < 4.78 is 0. The van der Waals surface area contributed by atoms with E-state index in [1.54, 1.807) is 11.3 Å². The normalized spacial score (nSPS) is 17.0. The van der Waals surface area contributed by atoms with E-state index in [1.807, 2.05) is 12.4 Å². The zero-order valence-electron chi connectivity index (χ0n) is 13.0. The summed E-state index contributed by atoms with van der Waals surface area (Å²) in [6, 6.07) is 8.49. The third-order valence-electron chi connectivity index (χ3n) is 4.44. The molecule has 0 unspecified atom stereocenters. The van der Waals surface area contributed by atoms with E-state index >= 15 is 0 Å². The molecule has 1 N–H and O–H groups in total. The second-order valence-electron chi connectivity index (χ2n) is 5.96. The van der Waals surface area contributed by atoms with Gasteiger partial charge in [0.1, 0.15) is 0 Å². The van der Waals surface area contributed by atoms with Crippen LogP contribution in [-0.2, 0) is 24.1 Å². The van der Waals surface area contributed by atoms with E-state index in [1.165, 1.54) is 16.0 Å². The smallest absolute Gasteiger partial charge is 0.223 e. The van der Waals surface area contributed by atoms with Gasteiger partial charge < -0.3 is 5.32 Å². The Hall–Kier alpha value is -1.68. The number of hydrogen-bond acceptors (Lipinski definition) is 3. The standard InChI is InChI=1S/C18H22N2OS/c1-13-17(22-12-20-13)7-4-10-19-18(21)16-9-8-14-5-2-3-6-15(14)11-16/h2-3,5-6,12,16H,4,7-11H2,1H3,(H,19,21)/t16-/m1/s1. The highest BCUT2D eigenvalue weighted by molar-refractivity contribution is 7.09. The van der Waals surface area contributed by atoms with E-state index in [4.69, 9.17) is 0 Å².